The van der Waals surface area contributed by atoms with Crippen LogP contribution in [0.1, 0.15) is 31.5 Å². The fourth-order valence-corrected chi connectivity index (χ4v) is 3.78. The van der Waals surface area contributed by atoms with Gasteiger partial charge in [-0.1, -0.05) is 0 Å². The number of imidazole rings is 1. The number of rotatable bonds is 6. The summed E-state index contributed by atoms with van der Waals surface area (Å²) in [5, 5.41) is 0. The molecule has 0 N–H and O–H groups in total. The van der Waals surface area contributed by atoms with Gasteiger partial charge in [0.25, 0.3) is 0 Å². The Labute approximate surface area is 149 Å². The van der Waals surface area contributed by atoms with E-state index in [1.807, 2.05) is 25.5 Å². The number of anilines is 1. The van der Waals surface area contributed by atoms with Gasteiger partial charge in [0.15, 0.2) is 0 Å². The summed E-state index contributed by atoms with van der Waals surface area (Å²) in [5.41, 5.74) is 1.28. The molecule has 0 spiro atoms. The lowest BCUT2D eigenvalue weighted by Gasteiger charge is -2.41. The number of nitrogens with zero attached hydrogens (tertiary/aromatic N) is 6. The normalized spacial score (nSPS) is 21.3. The quantitative estimate of drug-likeness (QED) is 0.800. The zero-order chi connectivity index (χ0) is 17.8. The molecule has 2 atom stereocenters. The largest absolute Gasteiger partial charge is 0.478 e. The number of aromatic nitrogens is 4. The molecule has 7 heteroatoms. The average molecular weight is 344 g/mol. The molecule has 25 heavy (non-hydrogen) atoms. The van der Waals surface area contributed by atoms with Crippen LogP contribution in [0, 0.1) is 5.92 Å². The van der Waals surface area contributed by atoms with Crippen molar-refractivity contribution in [2.75, 3.05) is 38.7 Å². The summed E-state index contributed by atoms with van der Waals surface area (Å²) in [6, 6.07) is 2.28. The number of aryl methyl sites for hydroxylation is 1. The van der Waals surface area contributed by atoms with E-state index >= 15 is 0 Å². The van der Waals surface area contributed by atoms with Gasteiger partial charge < -0.3 is 14.2 Å². The first kappa shape index (κ1) is 17.7. The Morgan fingerprint density at radius 3 is 2.88 bits per heavy atom. The van der Waals surface area contributed by atoms with Crippen LogP contribution in [0.2, 0.25) is 0 Å². The summed E-state index contributed by atoms with van der Waals surface area (Å²) in [7, 11) is 6.37. The Balaban J connectivity index is 1.77. The summed E-state index contributed by atoms with van der Waals surface area (Å²) in [4.78, 5) is 17.5. The van der Waals surface area contributed by atoms with Gasteiger partial charge in [0.2, 0.25) is 5.88 Å². The molecule has 1 aliphatic rings. The first-order chi connectivity index (χ1) is 12.1. The van der Waals surface area contributed by atoms with Crippen LogP contribution >= 0.6 is 0 Å². The van der Waals surface area contributed by atoms with E-state index in [4.69, 9.17) is 4.74 Å². The molecule has 2 aromatic heterocycles. The highest BCUT2D eigenvalue weighted by Gasteiger charge is 2.33. The minimum absolute atomic E-state index is 0.372. The first-order valence-electron chi connectivity index (χ1n) is 8.92. The molecule has 0 amide bonds. The van der Waals surface area contributed by atoms with Crippen LogP contribution < -0.4 is 9.64 Å². The fraction of sp³-hybridized carbons (Fsp3) is 0.611. The highest BCUT2D eigenvalue weighted by atomic mass is 16.5. The molecule has 0 aliphatic carbocycles. The molecular weight excluding hydrogens is 316 g/mol. The lowest BCUT2D eigenvalue weighted by molar-refractivity contribution is 0.118. The zero-order valence-electron chi connectivity index (χ0n) is 15.6. The van der Waals surface area contributed by atoms with Gasteiger partial charge in [-0.05, 0) is 39.3 Å². The summed E-state index contributed by atoms with van der Waals surface area (Å²) in [5.74, 6) is 2.04. The van der Waals surface area contributed by atoms with Crippen LogP contribution in [-0.4, -0.2) is 58.2 Å². The lowest BCUT2D eigenvalue weighted by atomic mass is 9.87. The van der Waals surface area contributed by atoms with Gasteiger partial charge in [-0.3, -0.25) is 4.90 Å². The van der Waals surface area contributed by atoms with Crippen molar-refractivity contribution in [3.05, 3.63) is 30.6 Å². The number of piperidine rings is 1. The van der Waals surface area contributed by atoms with E-state index < -0.39 is 0 Å². The Hall–Kier alpha value is -2.15. The lowest BCUT2D eigenvalue weighted by Crippen LogP contribution is -2.42. The summed E-state index contributed by atoms with van der Waals surface area (Å²) < 4.78 is 7.64. The average Bonchev–Trinajstić information content (AvgIpc) is 3.01. The highest BCUT2D eigenvalue weighted by Crippen LogP contribution is 2.35. The van der Waals surface area contributed by atoms with Gasteiger partial charge in [-0.25, -0.2) is 15.0 Å². The predicted molar refractivity (Wildman–Crippen MR) is 97.8 cm³/mol. The topological polar surface area (TPSA) is 59.3 Å². The third-order valence-electron chi connectivity index (χ3n) is 4.98. The second-order valence-electron chi connectivity index (χ2n) is 6.79. The molecule has 1 aliphatic heterocycles. The van der Waals surface area contributed by atoms with Gasteiger partial charge in [0.05, 0.1) is 24.7 Å². The molecule has 0 aromatic carbocycles. The monoisotopic (exact) mass is 344 g/mol. The van der Waals surface area contributed by atoms with E-state index in [9.17, 15) is 0 Å². The predicted octanol–water partition coefficient (Wildman–Crippen LogP) is 2.13. The van der Waals surface area contributed by atoms with Crippen LogP contribution in [0.3, 0.4) is 0 Å². The van der Waals surface area contributed by atoms with Crippen LogP contribution in [0.4, 0.5) is 5.82 Å². The molecule has 1 saturated heterocycles. The minimum atomic E-state index is 0.372. The molecule has 2 aromatic rings. The first-order valence-corrected chi connectivity index (χ1v) is 8.92. The molecule has 0 saturated carbocycles. The molecule has 136 valence electrons. The number of ether oxygens (including phenoxy) is 1. The summed E-state index contributed by atoms with van der Waals surface area (Å²) >= 11 is 0. The summed E-state index contributed by atoms with van der Waals surface area (Å²) in [6.07, 6.45) is 7.88. The van der Waals surface area contributed by atoms with Crippen molar-refractivity contribution in [2.45, 2.75) is 25.8 Å². The molecule has 0 unspecified atom stereocenters. The fourth-order valence-electron chi connectivity index (χ4n) is 3.78. The van der Waals surface area contributed by atoms with Gasteiger partial charge in [-0.15, -0.1) is 0 Å². The van der Waals surface area contributed by atoms with Crippen LogP contribution in [0.15, 0.2) is 24.9 Å². The van der Waals surface area contributed by atoms with Crippen molar-refractivity contribution in [2.24, 2.45) is 13.0 Å². The molecular formula is C18H28N6O. The van der Waals surface area contributed by atoms with E-state index in [0.29, 0.717) is 24.4 Å². The molecule has 1 fully saturated rings. The van der Waals surface area contributed by atoms with Crippen molar-refractivity contribution < 1.29 is 4.74 Å². The molecule has 0 bridgehead atoms. The smallest absolute Gasteiger partial charge is 0.218 e. The third kappa shape index (κ3) is 3.92. The van der Waals surface area contributed by atoms with Gasteiger partial charge >= 0.3 is 0 Å². The van der Waals surface area contributed by atoms with Gasteiger partial charge in [-0.2, -0.15) is 0 Å². The Morgan fingerprint density at radius 1 is 1.32 bits per heavy atom. The van der Waals surface area contributed by atoms with Crippen molar-refractivity contribution in [1.82, 2.24) is 24.4 Å². The van der Waals surface area contributed by atoms with Crippen LogP contribution in [0.5, 0.6) is 5.88 Å². The SMILES string of the molecule is CCOc1cc(N(C)C[C@@H]2CCCN(C)[C@H]2c2cncn2C)ncn1. The summed E-state index contributed by atoms with van der Waals surface area (Å²) in [6.45, 7) is 4.62. The van der Waals surface area contributed by atoms with E-state index in [1.54, 1.807) is 6.33 Å². The minimum Gasteiger partial charge on any atom is -0.478 e. The van der Waals surface area contributed by atoms with Crippen molar-refractivity contribution >= 4 is 5.82 Å². The standard InChI is InChI=1S/C18H28N6O/c1-5-25-17-9-16(20-12-21-17)23(3)11-14-7-6-8-22(2)18(14)15-10-19-13-24(15)4/h9-10,12-14,18H,5-8,11H2,1-4H3/t14-,18+/m0/s1. The number of likely N-dealkylation sites (tertiary alicyclic amines) is 1. The Kier molecular flexibility index (Phi) is 5.53. The van der Waals surface area contributed by atoms with Crippen LogP contribution in [0.25, 0.3) is 0 Å². The maximum absolute atomic E-state index is 5.50. The van der Waals surface area contributed by atoms with E-state index in [0.717, 1.165) is 18.9 Å². The zero-order valence-corrected chi connectivity index (χ0v) is 15.6. The maximum atomic E-state index is 5.50. The Bertz CT molecular complexity index is 688. The second-order valence-corrected chi connectivity index (χ2v) is 6.79. The van der Waals surface area contributed by atoms with Gasteiger partial charge in [0, 0.05) is 32.9 Å². The number of hydrogen-bond donors (Lipinski definition) is 0. The molecule has 3 heterocycles. The molecule has 0 radical (unpaired) electrons. The second kappa shape index (κ2) is 7.82. The third-order valence-corrected chi connectivity index (χ3v) is 4.98. The maximum Gasteiger partial charge on any atom is 0.218 e. The van der Waals surface area contributed by atoms with Crippen LogP contribution in [-0.2, 0) is 7.05 Å². The number of hydrogen-bond acceptors (Lipinski definition) is 6. The van der Waals surface area contributed by atoms with Crippen molar-refractivity contribution in [3.63, 3.8) is 0 Å². The van der Waals surface area contributed by atoms with Crippen molar-refractivity contribution in [3.8, 4) is 5.88 Å². The van der Waals surface area contributed by atoms with E-state index in [2.05, 4.69) is 50.5 Å². The van der Waals surface area contributed by atoms with E-state index in [-0.39, 0.29) is 0 Å². The molecule has 7 nitrogen and oxygen atoms in total. The van der Waals surface area contributed by atoms with Gasteiger partial charge in [0.1, 0.15) is 12.1 Å². The molecule has 3 rings (SSSR count). The van der Waals surface area contributed by atoms with Crippen molar-refractivity contribution in [1.29, 1.82) is 0 Å². The van der Waals surface area contributed by atoms with E-state index in [1.165, 1.54) is 18.5 Å². The Morgan fingerprint density at radius 2 is 2.16 bits per heavy atom. The highest BCUT2D eigenvalue weighted by molar-refractivity contribution is 5.40.